The number of rotatable bonds is 5. The van der Waals surface area contributed by atoms with Crippen molar-refractivity contribution < 1.29 is 9.53 Å². The number of carbonyl (C=O) groups excluding carboxylic acids is 1. The summed E-state index contributed by atoms with van der Waals surface area (Å²) in [6, 6.07) is 6.28. The Morgan fingerprint density at radius 2 is 2.20 bits per heavy atom. The van der Waals surface area contributed by atoms with Crippen LogP contribution in [0.5, 0.6) is 5.75 Å². The van der Waals surface area contributed by atoms with Gasteiger partial charge in [-0.05, 0) is 56.5 Å². The van der Waals surface area contributed by atoms with Crippen molar-refractivity contribution in [3.8, 4) is 5.75 Å². The van der Waals surface area contributed by atoms with Gasteiger partial charge in [0.1, 0.15) is 5.75 Å². The molecule has 1 amide bonds. The van der Waals surface area contributed by atoms with E-state index >= 15 is 0 Å². The molecule has 5 heteroatoms. The minimum Gasteiger partial charge on any atom is -0.484 e. The highest BCUT2D eigenvalue weighted by Gasteiger charge is 2.14. The van der Waals surface area contributed by atoms with Gasteiger partial charge < -0.3 is 15.4 Å². The van der Waals surface area contributed by atoms with E-state index < -0.39 is 0 Å². The summed E-state index contributed by atoms with van der Waals surface area (Å²) in [6.45, 7) is 5.92. The first-order chi connectivity index (χ1) is 9.15. The van der Waals surface area contributed by atoms with Crippen molar-refractivity contribution in [2.45, 2.75) is 32.7 Å². The van der Waals surface area contributed by atoms with E-state index in [9.17, 15) is 4.79 Å². The number of ether oxygens (including phenoxy) is 1. The minimum atomic E-state index is -0.0630. The summed E-state index contributed by atoms with van der Waals surface area (Å²) >= 11 is 0. The topological polar surface area (TPSA) is 50.4 Å². The molecule has 0 aromatic heterocycles. The number of hydrogen-bond donors (Lipinski definition) is 2. The van der Waals surface area contributed by atoms with Gasteiger partial charge in [-0.15, -0.1) is 12.4 Å². The number of aryl methyl sites for hydroxylation is 2. The molecular weight excluding hydrogens is 276 g/mol. The highest BCUT2D eigenvalue weighted by atomic mass is 35.5. The Bertz CT molecular complexity index is 445. The number of benzene rings is 1. The standard InChI is InChI=1S/C15H22N2O2.ClH/c1-11-5-6-14(8-12(11)2)19-10-15(18)17-9-13-4-3-7-16-13;/h5-6,8,13,16H,3-4,7,9-10H2,1-2H3,(H,17,18);1H. The van der Waals surface area contributed by atoms with Crippen LogP contribution in [0.2, 0.25) is 0 Å². The Morgan fingerprint density at radius 1 is 1.40 bits per heavy atom. The Morgan fingerprint density at radius 3 is 2.85 bits per heavy atom. The molecule has 20 heavy (non-hydrogen) atoms. The molecule has 0 aliphatic carbocycles. The van der Waals surface area contributed by atoms with Crippen LogP contribution in [-0.2, 0) is 4.79 Å². The smallest absolute Gasteiger partial charge is 0.257 e. The van der Waals surface area contributed by atoms with Gasteiger partial charge in [-0.3, -0.25) is 4.79 Å². The molecule has 1 aliphatic rings. The molecule has 1 unspecified atom stereocenters. The average molecular weight is 299 g/mol. The Hall–Kier alpha value is -1.26. The second-order valence-electron chi connectivity index (χ2n) is 5.13. The molecule has 0 saturated carbocycles. The monoisotopic (exact) mass is 298 g/mol. The van der Waals surface area contributed by atoms with Crippen molar-refractivity contribution in [1.29, 1.82) is 0 Å². The van der Waals surface area contributed by atoms with Gasteiger partial charge in [-0.1, -0.05) is 6.07 Å². The average Bonchev–Trinajstić information content (AvgIpc) is 2.91. The lowest BCUT2D eigenvalue weighted by Gasteiger charge is -2.12. The predicted octanol–water partition coefficient (Wildman–Crippen LogP) is 1.97. The lowest BCUT2D eigenvalue weighted by Crippen LogP contribution is -2.39. The van der Waals surface area contributed by atoms with Gasteiger partial charge in [0.25, 0.3) is 5.91 Å². The molecule has 1 heterocycles. The molecule has 2 rings (SSSR count). The van der Waals surface area contributed by atoms with E-state index in [4.69, 9.17) is 4.74 Å². The van der Waals surface area contributed by atoms with Gasteiger partial charge in [-0.2, -0.15) is 0 Å². The van der Waals surface area contributed by atoms with Crippen LogP contribution in [0, 0.1) is 13.8 Å². The molecule has 1 saturated heterocycles. The molecule has 4 nitrogen and oxygen atoms in total. The lowest BCUT2D eigenvalue weighted by atomic mass is 10.1. The Balaban J connectivity index is 0.00000200. The fraction of sp³-hybridized carbons (Fsp3) is 0.533. The summed E-state index contributed by atoms with van der Waals surface area (Å²) in [5.74, 6) is 0.684. The highest BCUT2D eigenvalue weighted by Crippen LogP contribution is 2.16. The summed E-state index contributed by atoms with van der Waals surface area (Å²) in [5.41, 5.74) is 2.40. The number of carbonyl (C=O) groups is 1. The van der Waals surface area contributed by atoms with Crippen LogP contribution in [0.15, 0.2) is 18.2 Å². The molecule has 0 radical (unpaired) electrons. The normalized spacial score (nSPS) is 17.4. The first kappa shape index (κ1) is 16.8. The van der Waals surface area contributed by atoms with Gasteiger partial charge in [0.05, 0.1) is 0 Å². The first-order valence-corrected chi connectivity index (χ1v) is 6.85. The first-order valence-electron chi connectivity index (χ1n) is 6.85. The maximum atomic E-state index is 11.7. The molecule has 1 aromatic rings. The van der Waals surface area contributed by atoms with Crippen molar-refractivity contribution in [3.05, 3.63) is 29.3 Å². The van der Waals surface area contributed by atoms with Crippen LogP contribution in [-0.4, -0.2) is 31.6 Å². The fourth-order valence-corrected chi connectivity index (χ4v) is 2.17. The van der Waals surface area contributed by atoms with Crippen molar-refractivity contribution in [1.82, 2.24) is 10.6 Å². The van der Waals surface area contributed by atoms with Crippen molar-refractivity contribution >= 4 is 18.3 Å². The van der Waals surface area contributed by atoms with E-state index in [2.05, 4.69) is 17.6 Å². The third-order valence-electron chi connectivity index (χ3n) is 3.56. The number of hydrogen-bond acceptors (Lipinski definition) is 3. The zero-order valence-electron chi connectivity index (χ0n) is 12.1. The molecule has 2 N–H and O–H groups in total. The van der Waals surface area contributed by atoms with Gasteiger partial charge in [-0.25, -0.2) is 0 Å². The summed E-state index contributed by atoms with van der Waals surface area (Å²) in [7, 11) is 0. The van der Waals surface area contributed by atoms with Crippen LogP contribution in [0.3, 0.4) is 0 Å². The zero-order valence-corrected chi connectivity index (χ0v) is 12.9. The number of amides is 1. The van der Waals surface area contributed by atoms with Crippen LogP contribution in [0.4, 0.5) is 0 Å². The zero-order chi connectivity index (χ0) is 13.7. The molecule has 0 bridgehead atoms. The van der Waals surface area contributed by atoms with Crippen LogP contribution in [0.25, 0.3) is 0 Å². The van der Waals surface area contributed by atoms with E-state index in [1.807, 2.05) is 25.1 Å². The van der Waals surface area contributed by atoms with E-state index in [0.29, 0.717) is 12.6 Å². The van der Waals surface area contributed by atoms with E-state index in [-0.39, 0.29) is 24.9 Å². The van der Waals surface area contributed by atoms with Crippen LogP contribution >= 0.6 is 12.4 Å². The van der Waals surface area contributed by atoms with E-state index in [1.165, 1.54) is 17.5 Å². The molecule has 1 aliphatic heterocycles. The van der Waals surface area contributed by atoms with Gasteiger partial charge in [0.15, 0.2) is 6.61 Å². The molecule has 1 aromatic carbocycles. The van der Waals surface area contributed by atoms with Crippen LogP contribution in [0.1, 0.15) is 24.0 Å². The largest absolute Gasteiger partial charge is 0.484 e. The molecule has 1 atom stereocenters. The predicted molar refractivity (Wildman–Crippen MR) is 82.7 cm³/mol. The SMILES string of the molecule is Cc1ccc(OCC(=O)NCC2CCCN2)cc1C.Cl. The molecule has 1 fully saturated rings. The van der Waals surface area contributed by atoms with Gasteiger partial charge in [0, 0.05) is 12.6 Å². The second-order valence-corrected chi connectivity index (χ2v) is 5.13. The molecule has 112 valence electrons. The second kappa shape index (κ2) is 8.12. The lowest BCUT2D eigenvalue weighted by molar-refractivity contribution is -0.123. The minimum absolute atomic E-state index is 0. The number of halogens is 1. The van der Waals surface area contributed by atoms with Crippen LogP contribution < -0.4 is 15.4 Å². The Labute approximate surface area is 126 Å². The van der Waals surface area contributed by atoms with Crippen molar-refractivity contribution in [3.63, 3.8) is 0 Å². The third kappa shape index (κ3) is 5.02. The summed E-state index contributed by atoms with van der Waals surface area (Å²) in [6.07, 6.45) is 2.33. The molecule has 0 spiro atoms. The molecular formula is C15H23ClN2O2. The summed E-state index contributed by atoms with van der Waals surface area (Å²) in [4.78, 5) is 11.7. The maximum Gasteiger partial charge on any atom is 0.257 e. The van der Waals surface area contributed by atoms with E-state index in [1.54, 1.807) is 0 Å². The van der Waals surface area contributed by atoms with Crippen molar-refractivity contribution in [2.24, 2.45) is 0 Å². The summed E-state index contributed by atoms with van der Waals surface area (Å²) < 4.78 is 5.49. The fourth-order valence-electron chi connectivity index (χ4n) is 2.17. The van der Waals surface area contributed by atoms with Crippen molar-refractivity contribution in [2.75, 3.05) is 19.7 Å². The highest BCUT2D eigenvalue weighted by molar-refractivity contribution is 5.85. The maximum absolute atomic E-state index is 11.7. The third-order valence-corrected chi connectivity index (χ3v) is 3.56. The number of nitrogens with one attached hydrogen (secondary N) is 2. The van der Waals surface area contributed by atoms with Gasteiger partial charge >= 0.3 is 0 Å². The van der Waals surface area contributed by atoms with Gasteiger partial charge in [0.2, 0.25) is 0 Å². The summed E-state index contributed by atoms with van der Waals surface area (Å²) in [5, 5.41) is 6.24. The Kier molecular flexibility index (Phi) is 6.82. The van der Waals surface area contributed by atoms with E-state index in [0.717, 1.165) is 18.7 Å². The quantitative estimate of drug-likeness (QED) is 0.874.